The zero-order chi connectivity index (χ0) is 16.5. The third-order valence-corrected chi connectivity index (χ3v) is 4.94. The lowest BCUT2D eigenvalue weighted by Gasteiger charge is -2.25. The molecule has 1 saturated carbocycles. The van der Waals surface area contributed by atoms with Crippen LogP contribution in [0.4, 0.5) is 10.6 Å². The van der Waals surface area contributed by atoms with Crippen LogP contribution in [0.5, 0.6) is 0 Å². The highest BCUT2D eigenvalue weighted by atomic mass is 35.5. The molecule has 1 aliphatic heterocycles. The van der Waals surface area contributed by atoms with Crippen molar-refractivity contribution in [2.45, 2.75) is 37.6 Å². The summed E-state index contributed by atoms with van der Waals surface area (Å²) in [6.07, 6.45) is 4.34. The number of amides is 2. The minimum Gasteiger partial charge on any atom is -0.317 e. The highest BCUT2D eigenvalue weighted by molar-refractivity contribution is 6.30. The van der Waals surface area contributed by atoms with Gasteiger partial charge in [-0.2, -0.15) is 5.10 Å². The molecule has 6 heteroatoms. The Morgan fingerprint density at radius 2 is 1.88 bits per heavy atom. The summed E-state index contributed by atoms with van der Waals surface area (Å²) >= 11 is 5.96. The van der Waals surface area contributed by atoms with Crippen molar-refractivity contribution < 1.29 is 4.79 Å². The molecule has 24 heavy (non-hydrogen) atoms. The van der Waals surface area contributed by atoms with E-state index in [-0.39, 0.29) is 12.1 Å². The van der Waals surface area contributed by atoms with Crippen LogP contribution >= 0.6 is 11.6 Å². The summed E-state index contributed by atoms with van der Waals surface area (Å²) in [7, 11) is 0. The molecular formula is C18H19ClN4O. The Balaban J connectivity index is 1.45. The first kappa shape index (κ1) is 15.4. The van der Waals surface area contributed by atoms with E-state index in [1.165, 1.54) is 12.8 Å². The molecule has 2 aromatic rings. The standard InChI is InChI=1S/C18H19ClN4O/c19-14-7-5-13(6-8-14)16-2-1-11-23(16)18(24)20-17-10-9-15(21-22-17)12-3-4-12/h5-10,12,16H,1-4,11H2,(H,20,22,24). The molecular weight excluding hydrogens is 324 g/mol. The Bertz CT molecular complexity index is 728. The van der Waals surface area contributed by atoms with Crippen molar-refractivity contribution in [3.63, 3.8) is 0 Å². The van der Waals surface area contributed by atoms with Crippen molar-refractivity contribution in [3.05, 3.63) is 52.7 Å². The fourth-order valence-corrected chi connectivity index (χ4v) is 3.35. The lowest BCUT2D eigenvalue weighted by atomic mass is 10.1. The van der Waals surface area contributed by atoms with E-state index in [0.717, 1.165) is 30.6 Å². The number of carbonyl (C=O) groups excluding carboxylic acids is 1. The molecule has 5 nitrogen and oxygen atoms in total. The van der Waals surface area contributed by atoms with E-state index in [0.29, 0.717) is 16.8 Å². The van der Waals surface area contributed by atoms with Gasteiger partial charge in [-0.3, -0.25) is 5.32 Å². The smallest absolute Gasteiger partial charge is 0.317 e. The predicted octanol–water partition coefficient (Wildman–Crippen LogP) is 4.38. The molecule has 124 valence electrons. The molecule has 4 rings (SSSR count). The SMILES string of the molecule is O=C(Nc1ccc(C2CC2)nn1)N1CCCC1c1ccc(Cl)cc1. The van der Waals surface area contributed by atoms with Gasteiger partial charge in [0.15, 0.2) is 5.82 Å². The van der Waals surface area contributed by atoms with Gasteiger partial charge < -0.3 is 4.90 Å². The Labute approximate surface area is 146 Å². The van der Waals surface area contributed by atoms with Crippen molar-refractivity contribution >= 4 is 23.4 Å². The number of aromatic nitrogens is 2. The van der Waals surface area contributed by atoms with Crippen LogP contribution < -0.4 is 5.32 Å². The van der Waals surface area contributed by atoms with Gasteiger partial charge in [0.25, 0.3) is 0 Å². The molecule has 2 amide bonds. The molecule has 0 radical (unpaired) electrons. The molecule has 0 spiro atoms. The van der Waals surface area contributed by atoms with Gasteiger partial charge in [0, 0.05) is 17.5 Å². The average molecular weight is 343 g/mol. The van der Waals surface area contributed by atoms with E-state index in [2.05, 4.69) is 15.5 Å². The lowest BCUT2D eigenvalue weighted by molar-refractivity contribution is 0.207. The van der Waals surface area contributed by atoms with Crippen molar-refractivity contribution in [2.75, 3.05) is 11.9 Å². The largest absolute Gasteiger partial charge is 0.323 e. The van der Waals surface area contributed by atoms with Crippen LogP contribution in [0, 0.1) is 0 Å². The number of hydrogen-bond donors (Lipinski definition) is 1. The Hall–Kier alpha value is -2.14. The highest BCUT2D eigenvalue weighted by Gasteiger charge is 2.30. The highest BCUT2D eigenvalue weighted by Crippen LogP contribution is 2.38. The number of rotatable bonds is 3. The summed E-state index contributed by atoms with van der Waals surface area (Å²) in [5.74, 6) is 1.07. The molecule has 0 bridgehead atoms. The second kappa shape index (κ2) is 6.40. The Morgan fingerprint density at radius 1 is 1.08 bits per heavy atom. The summed E-state index contributed by atoms with van der Waals surface area (Å²) in [5, 5.41) is 11.9. The predicted molar refractivity (Wildman–Crippen MR) is 93.2 cm³/mol. The Morgan fingerprint density at radius 3 is 2.54 bits per heavy atom. The van der Waals surface area contributed by atoms with Crippen LogP contribution in [0.25, 0.3) is 0 Å². The van der Waals surface area contributed by atoms with E-state index in [9.17, 15) is 4.79 Å². The normalized spacial score (nSPS) is 20.2. The molecule has 2 aliphatic rings. The van der Waals surface area contributed by atoms with Gasteiger partial charge in [-0.05, 0) is 55.5 Å². The van der Waals surface area contributed by atoms with Crippen LogP contribution in [-0.2, 0) is 0 Å². The molecule has 1 N–H and O–H groups in total. The number of hydrogen-bond acceptors (Lipinski definition) is 3. The zero-order valence-corrected chi connectivity index (χ0v) is 14.0. The fourth-order valence-electron chi connectivity index (χ4n) is 3.23. The summed E-state index contributed by atoms with van der Waals surface area (Å²) < 4.78 is 0. The number of urea groups is 1. The third-order valence-electron chi connectivity index (χ3n) is 4.68. The maximum atomic E-state index is 12.6. The molecule has 1 unspecified atom stereocenters. The summed E-state index contributed by atoms with van der Waals surface area (Å²) in [6, 6.07) is 11.5. The van der Waals surface area contributed by atoms with E-state index < -0.39 is 0 Å². The topological polar surface area (TPSA) is 58.1 Å². The minimum atomic E-state index is -0.124. The molecule has 1 atom stereocenters. The molecule has 2 fully saturated rings. The number of benzene rings is 1. The number of anilines is 1. The molecule has 1 aromatic heterocycles. The lowest BCUT2D eigenvalue weighted by Crippen LogP contribution is -2.34. The van der Waals surface area contributed by atoms with Crippen LogP contribution in [0.2, 0.25) is 5.02 Å². The maximum Gasteiger partial charge on any atom is 0.323 e. The van der Waals surface area contributed by atoms with Gasteiger partial charge in [-0.25, -0.2) is 4.79 Å². The fraction of sp³-hybridized carbons (Fsp3) is 0.389. The number of nitrogens with zero attached hydrogens (tertiary/aromatic N) is 3. The first-order valence-corrected chi connectivity index (χ1v) is 8.75. The van der Waals surface area contributed by atoms with Crippen LogP contribution in [0.1, 0.15) is 48.9 Å². The van der Waals surface area contributed by atoms with E-state index >= 15 is 0 Å². The van der Waals surface area contributed by atoms with E-state index in [1.807, 2.05) is 41.3 Å². The first-order valence-electron chi connectivity index (χ1n) is 8.37. The quantitative estimate of drug-likeness (QED) is 0.900. The van der Waals surface area contributed by atoms with E-state index in [4.69, 9.17) is 11.6 Å². The summed E-state index contributed by atoms with van der Waals surface area (Å²) in [6.45, 7) is 0.743. The van der Waals surface area contributed by atoms with Gasteiger partial charge in [-0.1, -0.05) is 23.7 Å². The number of nitrogens with one attached hydrogen (secondary N) is 1. The van der Waals surface area contributed by atoms with Crippen LogP contribution in [0.3, 0.4) is 0 Å². The monoisotopic (exact) mass is 342 g/mol. The number of halogens is 1. The van der Waals surface area contributed by atoms with Crippen molar-refractivity contribution in [2.24, 2.45) is 0 Å². The molecule has 2 heterocycles. The van der Waals surface area contributed by atoms with Gasteiger partial charge in [0.1, 0.15) is 0 Å². The molecule has 1 aliphatic carbocycles. The van der Waals surface area contributed by atoms with Gasteiger partial charge in [-0.15, -0.1) is 5.10 Å². The summed E-state index contributed by atoms with van der Waals surface area (Å²) in [5.41, 5.74) is 2.13. The van der Waals surface area contributed by atoms with Crippen LogP contribution in [0.15, 0.2) is 36.4 Å². The van der Waals surface area contributed by atoms with Crippen molar-refractivity contribution in [1.29, 1.82) is 0 Å². The van der Waals surface area contributed by atoms with Gasteiger partial charge in [0.2, 0.25) is 0 Å². The summed E-state index contributed by atoms with van der Waals surface area (Å²) in [4.78, 5) is 14.5. The zero-order valence-electron chi connectivity index (χ0n) is 13.3. The van der Waals surface area contributed by atoms with E-state index in [1.54, 1.807) is 0 Å². The molecule has 1 aromatic carbocycles. The van der Waals surface area contributed by atoms with Crippen molar-refractivity contribution in [3.8, 4) is 0 Å². The minimum absolute atomic E-state index is 0.0842. The maximum absolute atomic E-state index is 12.6. The average Bonchev–Trinajstić information content (AvgIpc) is 3.33. The van der Waals surface area contributed by atoms with Crippen molar-refractivity contribution in [1.82, 2.24) is 15.1 Å². The molecule has 1 saturated heterocycles. The second-order valence-electron chi connectivity index (χ2n) is 6.45. The number of likely N-dealkylation sites (tertiary alicyclic amines) is 1. The second-order valence-corrected chi connectivity index (χ2v) is 6.89. The first-order chi connectivity index (χ1) is 11.7. The van der Waals surface area contributed by atoms with Gasteiger partial charge in [0.05, 0.1) is 11.7 Å². The third kappa shape index (κ3) is 3.22. The Kier molecular flexibility index (Phi) is 4.10. The van der Waals surface area contributed by atoms with Gasteiger partial charge >= 0.3 is 6.03 Å². The van der Waals surface area contributed by atoms with Crippen LogP contribution in [-0.4, -0.2) is 27.7 Å². The number of carbonyl (C=O) groups is 1.